The van der Waals surface area contributed by atoms with Gasteiger partial charge in [0.2, 0.25) is 0 Å². The van der Waals surface area contributed by atoms with Crippen LogP contribution in [-0.4, -0.2) is 0 Å². The molecule has 0 atom stereocenters. The van der Waals surface area contributed by atoms with Crippen molar-refractivity contribution in [2.24, 2.45) is 0 Å². The zero-order valence-electron chi connectivity index (χ0n) is 7.29. The van der Waals surface area contributed by atoms with Crippen LogP contribution in [0.4, 0.5) is 0 Å². The van der Waals surface area contributed by atoms with E-state index in [9.17, 15) is 0 Å². The Hall–Kier alpha value is -0.820. The summed E-state index contributed by atoms with van der Waals surface area (Å²) in [6.45, 7) is 0. The van der Waals surface area contributed by atoms with Crippen molar-refractivity contribution in [1.29, 1.82) is 0 Å². The van der Waals surface area contributed by atoms with Crippen LogP contribution < -0.4 is 0 Å². The second-order valence-corrected chi connectivity index (χ2v) is 3.43. The maximum atomic E-state index is 2.25. The fourth-order valence-corrected chi connectivity index (χ4v) is 2.19. The van der Waals surface area contributed by atoms with Gasteiger partial charge in [0.1, 0.15) is 0 Å². The predicted molar refractivity (Wildman–Crippen MR) is 61.7 cm³/mol. The summed E-state index contributed by atoms with van der Waals surface area (Å²) >= 11 is 0. The molecule has 2 aromatic carbocycles. The Labute approximate surface area is 88.3 Å². The van der Waals surface area contributed by atoms with Gasteiger partial charge in [-0.05, 0) is 34.7 Å². The van der Waals surface area contributed by atoms with Crippen LogP contribution in [0.1, 0.15) is 11.1 Å². The number of aryl methyl sites for hydroxylation is 2. The summed E-state index contributed by atoms with van der Waals surface area (Å²) in [5, 5.41) is 2.92. The van der Waals surface area contributed by atoms with E-state index in [0.29, 0.717) is 0 Å². The van der Waals surface area contributed by atoms with E-state index >= 15 is 0 Å². The molecule has 0 heterocycles. The molecule has 1 heteroatoms. The summed E-state index contributed by atoms with van der Waals surface area (Å²) in [4.78, 5) is 0. The van der Waals surface area contributed by atoms with Gasteiger partial charge in [-0.1, -0.05) is 36.4 Å². The lowest BCUT2D eigenvalue weighted by Gasteiger charge is -1.99. The van der Waals surface area contributed by atoms with Crippen molar-refractivity contribution < 1.29 is 0 Å². The van der Waals surface area contributed by atoms with Crippen molar-refractivity contribution in [2.75, 3.05) is 0 Å². The summed E-state index contributed by atoms with van der Waals surface area (Å²) in [5.41, 5.74) is 3.06. The van der Waals surface area contributed by atoms with Crippen LogP contribution >= 0.6 is 17.0 Å². The average Bonchev–Trinajstić information content (AvgIpc) is 2.52. The summed E-state index contributed by atoms with van der Waals surface area (Å²) < 4.78 is 0. The van der Waals surface area contributed by atoms with Gasteiger partial charge in [0.05, 0.1) is 0 Å². The first kappa shape index (κ1) is 8.76. The smallest absolute Gasteiger partial charge is 0.0120 e. The Kier molecular flexibility index (Phi) is 2.12. The van der Waals surface area contributed by atoms with Gasteiger partial charge in [-0.2, -0.15) is 0 Å². The van der Waals surface area contributed by atoms with Gasteiger partial charge in [-0.25, -0.2) is 0 Å². The molecule has 0 saturated carbocycles. The van der Waals surface area contributed by atoms with Gasteiger partial charge < -0.3 is 0 Å². The normalized spacial score (nSPS) is 12.9. The Morgan fingerprint density at radius 1 is 0.769 bits per heavy atom. The molecular weight excluding hydrogens is 224 g/mol. The van der Waals surface area contributed by atoms with Crippen molar-refractivity contribution >= 4 is 27.8 Å². The molecule has 0 bridgehead atoms. The summed E-state index contributed by atoms with van der Waals surface area (Å²) in [6, 6.07) is 13.2. The van der Waals surface area contributed by atoms with E-state index < -0.39 is 0 Å². The quantitative estimate of drug-likeness (QED) is 0.655. The molecule has 13 heavy (non-hydrogen) atoms. The highest BCUT2D eigenvalue weighted by molar-refractivity contribution is 8.93. The lowest BCUT2D eigenvalue weighted by atomic mass is 10.1. The molecule has 0 fully saturated rings. The lowest BCUT2D eigenvalue weighted by Crippen LogP contribution is -1.76. The van der Waals surface area contributed by atoms with E-state index in [1.807, 2.05) is 0 Å². The summed E-state index contributed by atoms with van der Waals surface area (Å²) in [6.07, 6.45) is 2.47. The van der Waals surface area contributed by atoms with Crippen LogP contribution in [0.2, 0.25) is 0 Å². The van der Waals surface area contributed by atoms with Crippen molar-refractivity contribution in [3.05, 3.63) is 47.5 Å². The molecule has 3 rings (SSSR count). The molecular formula is C12H11Br. The standard InChI is InChI=1S/C12H10.BrH/c1-3-9-4-2-6-11-8-7-10(5-1)12(9)11;/h1-6H,7-8H2;1H. The van der Waals surface area contributed by atoms with Crippen LogP contribution in [0, 0.1) is 0 Å². The molecule has 1 aliphatic rings. The summed E-state index contributed by atoms with van der Waals surface area (Å²) in [7, 11) is 0. The lowest BCUT2D eigenvalue weighted by molar-refractivity contribution is 1.02. The first-order valence-electron chi connectivity index (χ1n) is 4.45. The number of benzene rings is 2. The van der Waals surface area contributed by atoms with Gasteiger partial charge in [-0.15, -0.1) is 17.0 Å². The largest absolute Gasteiger partial charge is 0.114 e. The molecule has 0 amide bonds. The van der Waals surface area contributed by atoms with Gasteiger partial charge >= 0.3 is 0 Å². The first-order chi connectivity index (χ1) is 5.95. The number of hydrogen-bond acceptors (Lipinski definition) is 0. The zero-order valence-corrected chi connectivity index (χ0v) is 9.00. The monoisotopic (exact) mass is 234 g/mol. The molecule has 2 aromatic rings. The van der Waals surface area contributed by atoms with Gasteiger partial charge in [0.15, 0.2) is 0 Å². The SMILES string of the molecule is Br.c1cc2c3c(cccc3c1)CC2. The molecule has 1 aliphatic carbocycles. The van der Waals surface area contributed by atoms with Crippen molar-refractivity contribution in [3.63, 3.8) is 0 Å². The van der Waals surface area contributed by atoms with Crippen LogP contribution in [-0.2, 0) is 12.8 Å². The van der Waals surface area contributed by atoms with Crippen molar-refractivity contribution in [3.8, 4) is 0 Å². The molecule has 0 N–H and O–H groups in total. The number of hydrogen-bond donors (Lipinski definition) is 0. The number of rotatable bonds is 0. The van der Waals surface area contributed by atoms with Crippen LogP contribution in [0.3, 0.4) is 0 Å². The second kappa shape index (κ2) is 3.15. The van der Waals surface area contributed by atoms with Crippen LogP contribution in [0.25, 0.3) is 10.8 Å². The van der Waals surface area contributed by atoms with E-state index in [2.05, 4.69) is 36.4 Å². The minimum absolute atomic E-state index is 0. The third kappa shape index (κ3) is 1.19. The average molecular weight is 235 g/mol. The highest BCUT2D eigenvalue weighted by atomic mass is 79.9. The van der Waals surface area contributed by atoms with E-state index in [1.165, 1.54) is 34.7 Å². The zero-order chi connectivity index (χ0) is 7.97. The predicted octanol–water partition coefficient (Wildman–Crippen LogP) is 3.52. The van der Waals surface area contributed by atoms with E-state index in [0.717, 1.165) is 0 Å². The van der Waals surface area contributed by atoms with Gasteiger partial charge in [0.25, 0.3) is 0 Å². The van der Waals surface area contributed by atoms with E-state index in [4.69, 9.17) is 0 Å². The third-order valence-electron chi connectivity index (χ3n) is 2.74. The topological polar surface area (TPSA) is 0 Å². The molecule has 0 saturated heterocycles. The fourth-order valence-electron chi connectivity index (χ4n) is 2.19. The molecule has 0 radical (unpaired) electrons. The third-order valence-corrected chi connectivity index (χ3v) is 2.74. The number of halogens is 1. The molecule has 0 unspecified atom stereocenters. The van der Waals surface area contributed by atoms with Gasteiger partial charge in [0, 0.05) is 0 Å². The Morgan fingerprint density at radius 3 is 1.85 bits per heavy atom. The maximum absolute atomic E-state index is 2.25. The first-order valence-corrected chi connectivity index (χ1v) is 4.45. The second-order valence-electron chi connectivity index (χ2n) is 3.43. The van der Waals surface area contributed by atoms with Crippen LogP contribution in [0.5, 0.6) is 0 Å². The minimum Gasteiger partial charge on any atom is -0.114 e. The minimum atomic E-state index is 0. The van der Waals surface area contributed by atoms with E-state index in [-0.39, 0.29) is 17.0 Å². The van der Waals surface area contributed by atoms with Crippen molar-refractivity contribution in [1.82, 2.24) is 0 Å². The highest BCUT2D eigenvalue weighted by Gasteiger charge is 2.11. The molecule has 0 spiro atoms. The Morgan fingerprint density at radius 2 is 1.31 bits per heavy atom. The molecule has 0 aromatic heterocycles. The van der Waals surface area contributed by atoms with Crippen molar-refractivity contribution in [2.45, 2.75) is 12.8 Å². The van der Waals surface area contributed by atoms with Gasteiger partial charge in [-0.3, -0.25) is 0 Å². The molecule has 66 valence electrons. The van der Waals surface area contributed by atoms with Crippen LogP contribution in [0.15, 0.2) is 36.4 Å². The summed E-state index contributed by atoms with van der Waals surface area (Å²) in [5.74, 6) is 0. The Bertz CT molecular complexity index is 407. The fraction of sp³-hybridized carbons (Fsp3) is 0.167. The maximum Gasteiger partial charge on any atom is -0.0120 e. The van der Waals surface area contributed by atoms with E-state index in [1.54, 1.807) is 0 Å². The highest BCUT2D eigenvalue weighted by Crippen LogP contribution is 2.29. The molecule has 0 aliphatic heterocycles. The molecule has 0 nitrogen and oxygen atoms in total. The Balaban J connectivity index is 0.000000653.